The smallest absolute Gasteiger partial charge is 0.0990 e. The lowest BCUT2D eigenvalue weighted by atomic mass is 10.2. The topological polar surface area (TPSA) is 12.0 Å². The summed E-state index contributed by atoms with van der Waals surface area (Å²) in [5.41, 5.74) is 2.38. The van der Waals surface area contributed by atoms with E-state index < -0.39 is 0 Å². The minimum absolute atomic E-state index is 0.753. The Balaban J connectivity index is 1.84. The van der Waals surface area contributed by atoms with Crippen molar-refractivity contribution in [1.82, 2.24) is 5.32 Å². The third-order valence-electron chi connectivity index (χ3n) is 2.54. The van der Waals surface area contributed by atoms with Crippen LogP contribution in [0, 0.1) is 0 Å². The summed E-state index contributed by atoms with van der Waals surface area (Å²) >= 11 is 5.25. The number of hydrogen-bond donors (Lipinski definition) is 1. The molecule has 0 unspecified atom stereocenters. The largest absolute Gasteiger partial charge is 0.372 e. The van der Waals surface area contributed by atoms with Gasteiger partial charge in [0.05, 0.1) is 4.99 Å². The van der Waals surface area contributed by atoms with Crippen molar-refractivity contribution in [3.63, 3.8) is 0 Å². The standard InChI is InChI=1S/C16H15NS/c18-16(12-11-14-7-3-1-4-8-14)17-13-15-9-5-2-6-10-15/h1-12H,13H2,(H,17,18)/b12-11-. The van der Waals surface area contributed by atoms with Gasteiger partial charge in [0.1, 0.15) is 0 Å². The second-order valence-electron chi connectivity index (χ2n) is 3.95. The van der Waals surface area contributed by atoms with Crippen molar-refractivity contribution in [3.05, 3.63) is 77.9 Å². The maximum absolute atomic E-state index is 5.25. The van der Waals surface area contributed by atoms with E-state index in [0.29, 0.717) is 0 Å². The summed E-state index contributed by atoms with van der Waals surface area (Å²) in [4.78, 5) is 0.753. The molecule has 2 aromatic rings. The minimum Gasteiger partial charge on any atom is -0.372 e. The van der Waals surface area contributed by atoms with Crippen LogP contribution in [-0.4, -0.2) is 4.99 Å². The molecule has 0 spiro atoms. The minimum atomic E-state index is 0.753. The second kappa shape index (κ2) is 6.72. The van der Waals surface area contributed by atoms with Crippen molar-refractivity contribution in [3.8, 4) is 0 Å². The number of hydrogen-bond acceptors (Lipinski definition) is 1. The molecule has 0 heterocycles. The van der Waals surface area contributed by atoms with E-state index in [0.717, 1.165) is 17.1 Å². The molecule has 0 aromatic heterocycles. The van der Waals surface area contributed by atoms with Gasteiger partial charge in [-0.15, -0.1) is 0 Å². The monoisotopic (exact) mass is 253 g/mol. The molecule has 0 bridgehead atoms. The molecule has 1 nitrogen and oxygen atoms in total. The first-order valence-electron chi connectivity index (χ1n) is 5.89. The number of nitrogens with one attached hydrogen (secondary N) is 1. The maximum atomic E-state index is 5.25. The molecule has 0 saturated carbocycles. The number of rotatable bonds is 4. The molecule has 2 rings (SSSR count). The van der Waals surface area contributed by atoms with Gasteiger partial charge in [-0.2, -0.15) is 0 Å². The molecule has 1 N–H and O–H groups in total. The SMILES string of the molecule is S=C(/C=C\c1ccccc1)NCc1ccccc1. The first kappa shape index (κ1) is 12.5. The predicted molar refractivity (Wildman–Crippen MR) is 81.4 cm³/mol. The molecule has 0 aliphatic heterocycles. The van der Waals surface area contributed by atoms with Gasteiger partial charge in [0, 0.05) is 6.54 Å². The number of thiocarbonyl (C=S) groups is 1. The molecule has 0 saturated heterocycles. The predicted octanol–water partition coefficient (Wildman–Crippen LogP) is 3.82. The van der Waals surface area contributed by atoms with Gasteiger partial charge in [0.2, 0.25) is 0 Å². The fourth-order valence-electron chi connectivity index (χ4n) is 1.58. The molecule has 0 fully saturated rings. The summed E-state index contributed by atoms with van der Waals surface area (Å²) in [5.74, 6) is 0. The first-order chi connectivity index (χ1) is 8.84. The highest BCUT2D eigenvalue weighted by Crippen LogP contribution is 2.01. The van der Waals surface area contributed by atoms with Gasteiger partial charge in [-0.05, 0) is 17.2 Å². The summed E-state index contributed by atoms with van der Waals surface area (Å²) in [6, 6.07) is 20.4. The van der Waals surface area contributed by atoms with Crippen LogP contribution in [0.1, 0.15) is 11.1 Å². The summed E-state index contributed by atoms with van der Waals surface area (Å²) in [5, 5.41) is 3.21. The highest BCUT2D eigenvalue weighted by molar-refractivity contribution is 7.80. The Hall–Kier alpha value is -1.93. The molecule has 0 atom stereocenters. The van der Waals surface area contributed by atoms with Gasteiger partial charge in [-0.25, -0.2) is 0 Å². The quantitative estimate of drug-likeness (QED) is 0.656. The van der Waals surface area contributed by atoms with Crippen molar-refractivity contribution in [1.29, 1.82) is 0 Å². The third-order valence-corrected chi connectivity index (χ3v) is 2.82. The molecular formula is C16H15NS. The van der Waals surface area contributed by atoms with E-state index in [-0.39, 0.29) is 0 Å². The van der Waals surface area contributed by atoms with Crippen LogP contribution < -0.4 is 5.32 Å². The van der Waals surface area contributed by atoms with Crippen molar-refractivity contribution < 1.29 is 0 Å². The van der Waals surface area contributed by atoms with E-state index in [1.54, 1.807) is 0 Å². The molecule has 18 heavy (non-hydrogen) atoms. The van der Waals surface area contributed by atoms with Crippen molar-refractivity contribution in [2.75, 3.05) is 0 Å². The van der Waals surface area contributed by atoms with E-state index in [2.05, 4.69) is 29.6 Å². The van der Waals surface area contributed by atoms with Crippen LogP contribution in [0.25, 0.3) is 6.08 Å². The van der Waals surface area contributed by atoms with Gasteiger partial charge >= 0.3 is 0 Å². The van der Waals surface area contributed by atoms with Gasteiger partial charge in [0.25, 0.3) is 0 Å². The third kappa shape index (κ3) is 4.15. The van der Waals surface area contributed by atoms with Gasteiger partial charge in [-0.1, -0.05) is 79.0 Å². The van der Waals surface area contributed by atoms with E-state index in [1.807, 2.05) is 48.6 Å². The summed E-state index contributed by atoms with van der Waals surface area (Å²) in [6.07, 6.45) is 3.94. The van der Waals surface area contributed by atoms with Gasteiger partial charge in [0.15, 0.2) is 0 Å². The summed E-state index contributed by atoms with van der Waals surface area (Å²) in [6.45, 7) is 0.763. The zero-order valence-corrected chi connectivity index (χ0v) is 10.9. The van der Waals surface area contributed by atoms with Crippen LogP contribution in [0.5, 0.6) is 0 Å². The highest BCUT2D eigenvalue weighted by Gasteiger charge is 1.92. The fourth-order valence-corrected chi connectivity index (χ4v) is 1.72. The molecule has 0 aliphatic rings. The zero-order chi connectivity index (χ0) is 12.6. The van der Waals surface area contributed by atoms with Crippen LogP contribution in [0.15, 0.2) is 66.7 Å². The Bertz CT molecular complexity index is 517. The Morgan fingerprint density at radius 2 is 1.56 bits per heavy atom. The number of benzene rings is 2. The molecule has 2 aromatic carbocycles. The van der Waals surface area contributed by atoms with Crippen LogP contribution in [0.4, 0.5) is 0 Å². The lowest BCUT2D eigenvalue weighted by Gasteiger charge is -2.04. The van der Waals surface area contributed by atoms with Crippen molar-refractivity contribution in [2.45, 2.75) is 6.54 Å². The Kier molecular flexibility index (Phi) is 4.68. The molecule has 0 aliphatic carbocycles. The lowest BCUT2D eigenvalue weighted by Crippen LogP contribution is -2.18. The van der Waals surface area contributed by atoms with Crippen molar-refractivity contribution >= 4 is 23.3 Å². The van der Waals surface area contributed by atoms with Gasteiger partial charge < -0.3 is 5.32 Å². The van der Waals surface area contributed by atoms with Gasteiger partial charge in [-0.3, -0.25) is 0 Å². The first-order valence-corrected chi connectivity index (χ1v) is 6.30. The average molecular weight is 253 g/mol. The Morgan fingerprint density at radius 1 is 0.944 bits per heavy atom. The highest BCUT2D eigenvalue weighted by atomic mass is 32.1. The van der Waals surface area contributed by atoms with E-state index in [9.17, 15) is 0 Å². The maximum Gasteiger partial charge on any atom is 0.0990 e. The van der Waals surface area contributed by atoms with E-state index in [4.69, 9.17) is 12.2 Å². The zero-order valence-electron chi connectivity index (χ0n) is 10.0. The Morgan fingerprint density at radius 3 is 2.22 bits per heavy atom. The molecule has 2 heteroatoms. The van der Waals surface area contributed by atoms with Crippen LogP contribution in [0.2, 0.25) is 0 Å². The molecule has 0 amide bonds. The molecular weight excluding hydrogens is 238 g/mol. The molecule has 0 radical (unpaired) electrons. The van der Waals surface area contributed by atoms with E-state index in [1.165, 1.54) is 5.56 Å². The lowest BCUT2D eigenvalue weighted by molar-refractivity contribution is 0.932. The summed E-state index contributed by atoms with van der Waals surface area (Å²) < 4.78 is 0. The molecule has 90 valence electrons. The van der Waals surface area contributed by atoms with E-state index >= 15 is 0 Å². The van der Waals surface area contributed by atoms with Crippen LogP contribution in [0.3, 0.4) is 0 Å². The van der Waals surface area contributed by atoms with Crippen molar-refractivity contribution in [2.24, 2.45) is 0 Å². The average Bonchev–Trinajstić information content (AvgIpc) is 2.45. The summed E-state index contributed by atoms with van der Waals surface area (Å²) in [7, 11) is 0. The second-order valence-corrected chi connectivity index (χ2v) is 4.39. The van der Waals surface area contributed by atoms with Crippen LogP contribution in [-0.2, 0) is 6.54 Å². The fraction of sp³-hybridized carbons (Fsp3) is 0.0625. The normalized spacial score (nSPS) is 10.4. The van der Waals surface area contributed by atoms with Crippen LogP contribution >= 0.6 is 12.2 Å². The Labute approximate surface area is 113 Å².